The van der Waals surface area contributed by atoms with Gasteiger partial charge < -0.3 is 132 Å². The van der Waals surface area contributed by atoms with Crippen molar-refractivity contribution in [3.8, 4) is 0 Å². The van der Waals surface area contributed by atoms with Crippen molar-refractivity contribution in [3.05, 3.63) is 11.8 Å². The van der Waals surface area contributed by atoms with Gasteiger partial charge in [0.2, 0.25) is 0 Å². The molecule has 2 saturated heterocycles. The van der Waals surface area contributed by atoms with Gasteiger partial charge in [0, 0.05) is 27.1 Å². The van der Waals surface area contributed by atoms with E-state index in [0.29, 0.717) is 12.2 Å². The van der Waals surface area contributed by atoms with Crippen LogP contribution in [0.1, 0.15) is 187 Å². The van der Waals surface area contributed by atoms with Crippen LogP contribution in [0.2, 0.25) is 0 Å². The number of hydrogen-bond donors (Lipinski definition) is 23. The standard InChI is InChI=1S/C11H22O4.C10H18O7.C10H20O6.C10H20O4.C10H18O3.C8H14O5.C7H14O3.2CH4/c1-5-6-7(12)8(13)9(14)10(15-6)11(2,3)4;1-10(2,3)8(15)6(13)4(11)5(12)7(14)9(16)17;1-10(2,3)9(16)8(15)7(14)6(13)5(12)4-11;1-5-6(11)7(12)8(13)9(14-5)10(2,3)4;1-6-5-7(11)8(12)9(13-6)10(2,3)4;1-8(2,3)6(11)4(9)5(10)7(12)13;1-7(2,3)6(10)5(9)4-8;;/h6-10,12-14H,5H2,1-4H3;4-7,11-14H,1-3H3,(H,16,17);5-8,11-15H,4H2,1-3H3;5-9,11-13H,1-4H3;5,7-9,11-12H,1-4H3;4-5,9-10H,1-3H3,(H,12,13);5,8-9H,4H2,1-3H3;2*1H4. The molecule has 23 N–H and O–H groups in total. The molecule has 0 saturated carbocycles. The van der Waals surface area contributed by atoms with Crippen LogP contribution in [0.3, 0.4) is 0 Å². The molecule has 32 heteroatoms. The largest absolute Gasteiger partial charge is 0.492 e. The minimum absolute atomic E-state index is 0. The van der Waals surface area contributed by atoms with Gasteiger partial charge in [-0.3, -0.25) is 19.2 Å². The van der Waals surface area contributed by atoms with Crippen molar-refractivity contribution < 1.29 is 160 Å². The Labute approximate surface area is 590 Å². The molecule has 0 bridgehead atoms. The van der Waals surface area contributed by atoms with E-state index >= 15 is 0 Å². The van der Waals surface area contributed by atoms with E-state index in [0.717, 1.165) is 0 Å². The lowest BCUT2D eigenvalue weighted by Crippen LogP contribution is -2.60. The molecule has 598 valence electrons. The molecule has 0 radical (unpaired) electrons. The van der Waals surface area contributed by atoms with Crippen LogP contribution in [0, 0.1) is 37.9 Å². The molecule has 0 aromatic heterocycles. The van der Waals surface area contributed by atoms with Gasteiger partial charge in [-0.25, -0.2) is 9.59 Å². The van der Waals surface area contributed by atoms with Crippen molar-refractivity contribution >= 4 is 35.1 Å². The second-order valence-electron chi connectivity index (χ2n) is 31.9. The molecule has 100 heavy (non-hydrogen) atoms. The highest BCUT2D eigenvalue weighted by Crippen LogP contribution is 2.36. The minimum atomic E-state index is -2.27. The van der Waals surface area contributed by atoms with Crippen LogP contribution in [0.5, 0.6) is 0 Å². The summed E-state index contributed by atoms with van der Waals surface area (Å²) in [5.41, 5.74) is -3.95. The van der Waals surface area contributed by atoms with Gasteiger partial charge in [-0.15, -0.1) is 0 Å². The molecule has 24 unspecified atom stereocenters. The van der Waals surface area contributed by atoms with Crippen LogP contribution in [-0.2, 0) is 43.0 Å². The molecule has 0 aliphatic carbocycles. The molecule has 32 nitrogen and oxygen atoms in total. The molecule has 3 heterocycles. The summed E-state index contributed by atoms with van der Waals surface area (Å²) in [6.07, 6.45) is -28.4. The lowest BCUT2D eigenvalue weighted by Gasteiger charge is -2.45. The van der Waals surface area contributed by atoms with Crippen LogP contribution in [-0.4, -0.2) is 312 Å². The highest BCUT2D eigenvalue weighted by atomic mass is 16.5. The van der Waals surface area contributed by atoms with Crippen molar-refractivity contribution in [3.63, 3.8) is 0 Å². The number of aliphatic hydroxyl groups is 21. The first-order valence-electron chi connectivity index (χ1n) is 32.0. The Bertz CT molecular complexity index is 2410. The van der Waals surface area contributed by atoms with E-state index in [1.807, 2.05) is 69.2 Å². The Kier molecular flexibility index (Phi) is 47.4. The number of ketones is 4. The number of ether oxygens (including phenoxy) is 3. The molecule has 0 amide bonds. The zero-order chi connectivity index (χ0) is 79.3. The van der Waals surface area contributed by atoms with Crippen LogP contribution >= 0.6 is 0 Å². The van der Waals surface area contributed by atoms with Crippen LogP contribution in [0.25, 0.3) is 0 Å². The van der Waals surface area contributed by atoms with Gasteiger partial charge in [0.05, 0.1) is 43.4 Å². The molecule has 3 aliphatic heterocycles. The predicted molar refractivity (Wildman–Crippen MR) is 365 cm³/mol. The van der Waals surface area contributed by atoms with E-state index in [1.54, 1.807) is 55.4 Å². The first kappa shape index (κ1) is 107. The molecule has 2 fully saturated rings. The van der Waals surface area contributed by atoms with Crippen molar-refractivity contribution in [2.24, 2.45) is 37.9 Å². The van der Waals surface area contributed by atoms with Crippen LogP contribution < -0.4 is 0 Å². The average Bonchev–Trinajstić information content (AvgIpc) is 0.805. The summed E-state index contributed by atoms with van der Waals surface area (Å²) in [5, 5.41) is 212. The Morgan fingerprint density at radius 1 is 0.400 bits per heavy atom. The maximum atomic E-state index is 11.6. The van der Waals surface area contributed by atoms with E-state index in [-0.39, 0.29) is 43.0 Å². The van der Waals surface area contributed by atoms with Crippen molar-refractivity contribution in [2.45, 2.75) is 334 Å². The maximum absolute atomic E-state index is 11.6. The summed E-state index contributed by atoms with van der Waals surface area (Å²) >= 11 is 0. The SMILES string of the molecule is C.C.CC(C)(C)C(=O)C(O)C(O)C(=O)O.CC(C)(C)C(=O)C(O)C(O)C(O)C(O)C(=O)O.CC(C)(C)C(=O)C(O)C(O)C(O)C(O)CO.CC(C)(C)C(=O)C(O)CO.CC1=CC(O)C(O)C(C(C)(C)C)O1.CC1OC(C(C)(C)C)C(O)C(O)C1O.CCC1OC(C(C)(C)C)C(O)C(O)C1O. The second-order valence-corrected chi connectivity index (χ2v) is 31.9. The van der Waals surface area contributed by atoms with Gasteiger partial charge >= 0.3 is 11.9 Å². The fraction of sp³-hybridized carbons (Fsp3) is 0.882. The van der Waals surface area contributed by atoms with E-state index in [9.17, 15) is 100 Å². The fourth-order valence-electron chi connectivity index (χ4n) is 8.83. The van der Waals surface area contributed by atoms with Crippen molar-refractivity contribution in [1.82, 2.24) is 0 Å². The Balaban J connectivity index is -0.000000258. The number of Topliss-reactive ketones (excluding diaryl/α,β-unsaturated/α-hetero) is 4. The smallest absolute Gasteiger partial charge is 0.335 e. The molecular formula is C68H134O32. The number of carboxylic acid groups (broad SMARTS) is 2. The maximum Gasteiger partial charge on any atom is 0.335 e. The number of carboxylic acids is 2. The third kappa shape index (κ3) is 35.3. The molecule has 3 aliphatic rings. The topological polar surface area (TPSA) is 595 Å². The average molecular weight is 1460 g/mol. The van der Waals surface area contributed by atoms with Gasteiger partial charge in [-0.1, -0.05) is 167 Å². The van der Waals surface area contributed by atoms with E-state index in [2.05, 4.69) is 0 Å². The van der Waals surface area contributed by atoms with Gasteiger partial charge in [0.25, 0.3) is 0 Å². The molecule has 0 aromatic carbocycles. The third-order valence-electron chi connectivity index (χ3n) is 15.2. The number of carbonyl (C=O) groups is 6. The first-order valence-corrected chi connectivity index (χ1v) is 32.0. The zero-order valence-corrected chi connectivity index (χ0v) is 61.5. The summed E-state index contributed by atoms with van der Waals surface area (Å²) in [5.74, 6) is -5.11. The number of aliphatic hydroxyl groups excluding tert-OH is 21. The van der Waals surface area contributed by atoms with Crippen LogP contribution in [0.15, 0.2) is 11.8 Å². The van der Waals surface area contributed by atoms with Gasteiger partial charge in [-0.05, 0) is 37.2 Å². The molecular weight excluding hydrogens is 1330 g/mol. The van der Waals surface area contributed by atoms with Crippen molar-refractivity contribution in [1.29, 1.82) is 0 Å². The Morgan fingerprint density at radius 2 is 0.710 bits per heavy atom. The number of aliphatic carboxylic acids is 2. The van der Waals surface area contributed by atoms with E-state index in [4.69, 9.17) is 60.2 Å². The van der Waals surface area contributed by atoms with E-state index < -0.39 is 205 Å². The third-order valence-corrected chi connectivity index (χ3v) is 15.2. The van der Waals surface area contributed by atoms with Gasteiger partial charge in [0.15, 0.2) is 35.3 Å². The zero-order valence-electron chi connectivity index (χ0n) is 61.5. The second kappa shape index (κ2) is 44.3. The number of carbonyl (C=O) groups excluding carboxylic acids is 4. The molecule has 0 aromatic rings. The lowest BCUT2D eigenvalue weighted by molar-refractivity contribution is -0.244. The van der Waals surface area contributed by atoms with Gasteiger partial charge in [-0.2, -0.15) is 0 Å². The first-order chi connectivity index (χ1) is 43.5. The summed E-state index contributed by atoms with van der Waals surface area (Å²) < 4.78 is 16.6. The number of rotatable bonds is 16. The minimum Gasteiger partial charge on any atom is -0.492 e. The predicted octanol–water partition coefficient (Wildman–Crippen LogP) is -1.95. The molecule has 24 atom stereocenters. The summed E-state index contributed by atoms with van der Waals surface area (Å²) in [7, 11) is 0. The summed E-state index contributed by atoms with van der Waals surface area (Å²) in [6.45, 7) is 40.5. The summed E-state index contributed by atoms with van der Waals surface area (Å²) in [6, 6.07) is 0. The quantitative estimate of drug-likeness (QED) is 0.0799. The molecule has 3 rings (SSSR count). The Hall–Kier alpha value is -3.76. The van der Waals surface area contributed by atoms with E-state index in [1.165, 1.54) is 47.6 Å². The summed E-state index contributed by atoms with van der Waals surface area (Å²) in [4.78, 5) is 65.9. The Morgan fingerprint density at radius 3 is 1.00 bits per heavy atom. The highest BCUT2D eigenvalue weighted by molar-refractivity contribution is 5.92. The lowest BCUT2D eigenvalue weighted by atomic mass is 9.80. The number of hydrogen-bond acceptors (Lipinski definition) is 30. The molecule has 0 spiro atoms. The van der Waals surface area contributed by atoms with Crippen molar-refractivity contribution in [2.75, 3.05) is 13.2 Å². The highest BCUT2D eigenvalue weighted by Gasteiger charge is 2.49. The normalized spacial score (nSPS) is 27.4. The number of allylic oxidation sites excluding steroid dienone is 1. The van der Waals surface area contributed by atoms with Gasteiger partial charge in [0.1, 0.15) is 110 Å². The fourth-order valence-corrected chi connectivity index (χ4v) is 8.83. The van der Waals surface area contributed by atoms with Crippen LogP contribution in [0.4, 0.5) is 0 Å². The monoisotopic (exact) mass is 1460 g/mol.